The van der Waals surface area contributed by atoms with Crippen molar-refractivity contribution in [2.75, 3.05) is 20.8 Å². The van der Waals surface area contributed by atoms with E-state index < -0.39 is 12.1 Å². The maximum atomic E-state index is 11.1. The molecule has 0 unspecified atom stereocenters. The fourth-order valence-electron chi connectivity index (χ4n) is 1.17. The predicted octanol–water partition coefficient (Wildman–Crippen LogP) is 0.608. The van der Waals surface area contributed by atoms with Gasteiger partial charge in [0.1, 0.15) is 0 Å². The molecule has 0 fully saturated rings. The van der Waals surface area contributed by atoms with Crippen molar-refractivity contribution < 1.29 is 33.7 Å². The maximum Gasteiger partial charge on any atom is 0.513 e. The Bertz CT molecular complexity index is 530. The van der Waals surface area contributed by atoms with Crippen LogP contribution in [0.25, 0.3) is 0 Å². The van der Waals surface area contributed by atoms with Crippen LogP contribution >= 0.6 is 0 Å². The van der Waals surface area contributed by atoms with Crippen LogP contribution in [-0.4, -0.2) is 39.1 Å². The van der Waals surface area contributed by atoms with Crippen LogP contribution in [0.1, 0.15) is 5.56 Å². The summed E-state index contributed by atoms with van der Waals surface area (Å²) in [5.41, 5.74) is 5.43. The summed E-state index contributed by atoms with van der Waals surface area (Å²) in [6, 6.07) is 4.48. The van der Waals surface area contributed by atoms with Crippen molar-refractivity contribution in [3.63, 3.8) is 0 Å². The number of ether oxygens (including phenoxy) is 2. The van der Waals surface area contributed by atoms with Gasteiger partial charge in [-0.2, -0.15) is 4.89 Å². The Balaban J connectivity index is 2.81. The Morgan fingerprint density at radius 2 is 2.05 bits per heavy atom. The van der Waals surface area contributed by atoms with Crippen molar-refractivity contribution in [2.24, 2.45) is 10.9 Å². The highest BCUT2D eigenvalue weighted by atomic mass is 17.2. The number of benzene rings is 1. The number of nitrogens with two attached hydrogens (primary N) is 1. The highest BCUT2D eigenvalue weighted by Gasteiger charge is 2.12. The molecule has 114 valence electrons. The molecule has 9 nitrogen and oxygen atoms in total. The number of carbonyl (C=O) groups is 2. The molecule has 1 amide bonds. The van der Waals surface area contributed by atoms with E-state index in [1.165, 1.54) is 32.6 Å². The zero-order valence-corrected chi connectivity index (χ0v) is 11.4. The number of nitrogens with zero attached hydrogens (tertiary/aromatic N) is 1. The molecular formula is C12H14N2O7. The molecule has 0 atom stereocenters. The zero-order chi connectivity index (χ0) is 15.7. The lowest BCUT2D eigenvalue weighted by molar-refractivity contribution is -0.179. The fourth-order valence-corrected chi connectivity index (χ4v) is 1.17. The minimum absolute atomic E-state index is 0.0962. The third kappa shape index (κ3) is 5.78. The number of hydrogen-bond donors (Lipinski definition) is 1. The summed E-state index contributed by atoms with van der Waals surface area (Å²) in [5, 5.41) is 3.54. The minimum Gasteiger partial charge on any atom is -0.437 e. The maximum absolute atomic E-state index is 11.1. The molecule has 1 rings (SSSR count). The van der Waals surface area contributed by atoms with Gasteiger partial charge in [0.2, 0.25) is 5.75 Å². The standard InChI is InChI=1S/C12H14N2O7/c1-17-12(16)20-9-4-3-8(5-10(9)21-18-2)6-14-19-7-11(13)15/h3-6H,7H2,1-2H3,(H2,13,15)/b14-6-. The van der Waals surface area contributed by atoms with Gasteiger partial charge in [0, 0.05) is 5.56 Å². The Kier molecular flexibility index (Phi) is 6.48. The van der Waals surface area contributed by atoms with Gasteiger partial charge in [0.15, 0.2) is 12.4 Å². The topological polar surface area (TPSA) is 119 Å². The van der Waals surface area contributed by atoms with Gasteiger partial charge in [-0.1, -0.05) is 5.16 Å². The molecule has 0 aliphatic rings. The van der Waals surface area contributed by atoms with E-state index in [0.717, 1.165) is 0 Å². The first-order valence-electron chi connectivity index (χ1n) is 5.61. The van der Waals surface area contributed by atoms with Crippen LogP contribution in [-0.2, 0) is 19.3 Å². The van der Waals surface area contributed by atoms with Gasteiger partial charge in [-0.05, 0) is 18.2 Å². The molecule has 0 saturated carbocycles. The van der Waals surface area contributed by atoms with Crippen molar-refractivity contribution in [2.45, 2.75) is 0 Å². The van der Waals surface area contributed by atoms with E-state index in [-0.39, 0.29) is 18.1 Å². The number of oxime groups is 1. The number of rotatable bonds is 7. The second-order valence-corrected chi connectivity index (χ2v) is 3.49. The number of primary amides is 1. The first-order valence-corrected chi connectivity index (χ1v) is 5.61. The summed E-state index contributed by atoms with van der Waals surface area (Å²) in [6.45, 7) is -0.332. The lowest BCUT2D eigenvalue weighted by Gasteiger charge is -2.08. The average Bonchev–Trinajstić information content (AvgIpc) is 2.46. The van der Waals surface area contributed by atoms with Gasteiger partial charge >= 0.3 is 6.16 Å². The molecular weight excluding hydrogens is 284 g/mol. The lowest BCUT2D eigenvalue weighted by Crippen LogP contribution is -2.16. The molecule has 1 aromatic rings. The number of carbonyl (C=O) groups excluding carboxylic acids is 2. The first kappa shape index (κ1) is 16.2. The molecule has 0 bridgehead atoms. The minimum atomic E-state index is -0.901. The van der Waals surface area contributed by atoms with Gasteiger partial charge in [-0.25, -0.2) is 4.79 Å². The third-order valence-electron chi connectivity index (χ3n) is 1.98. The van der Waals surface area contributed by atoms with Gasteiger partial charge in [-0.15, -0.1) is 0 Å². The van der Waals surface area contributed by atoms with E-state index in [1.807, 2.05) is 0 Å². The normalized spacial score (nSPS) is 10.2. The second kappa shape index (κ2) is 8.38. The predicted molar refractivity (Wildman–Crippen MR) is 69.9 cm³/mol. The third-order valence-corrected chi connectivity index (χ3v) is 1.98. The van der Waals surface area contributed by atoms with Crippen LogP contribution in [0.5, 0.6) is 11.5 Å². The van der Waals surface area contributed by atoms with Gasteiger partial charge in [0.05, 0.1) is 20.4 Å². The average molecular weight is 298 g/mol. The zero-order valence-electron chi connectivity index (χ0n) is 11.4. The lowest BCUT2D eigenvalue weighted by atomic mass is 10.2. The van der Waals surface area contributed by atoms with E-state index in [4.69, 9.17) is 15.4 Å². The molecule has 1 aromatic carbocycles. The number of amides is 1. The molecule has 9 heteroatoms. The SMILES string of the molecule is COOc1cc(/C=N\OCC(N)=O)ccc1OC(=O)OC. The summed E-state index contributed by atoms with van der Waals surface area (Å²) in [6.07, 6.45) is 0.412. The van der Waals surface area contributed by atoms with Crippen LogP contribution in [0.15, 0.2) is 23.4 Å². The van der Waals surface area contributed by atoms with Crippen molar-refractivity contribution in [3.8, 4) is 11.5 Å². The van der Waals surface area contributed by atoms with Crippen LogP contribution in [0.2, 0.25) is 0 Å². The van der Waals surface area contributed by atoms with Crippen molar-refractivity contribution in [1.29, 1.82) is 0 Å². The Hall–Kier alpha value is -2.81. The summed E-state index contributed by atoms with van der Waals surface area (Å²) < 4.78 is 9.23. The summed E-state index contributed by atoms with van der Waals surface area (Å²) >= 11 is 0. The van der Waals surface area contributed by atoms with Crippen LogP contribution in [0.4, 0.5) is 4.79 Å². The Labute approximate surface area is 120 Å². The summed E-state index contributed by atoms with van der Waals surface area (Å²) in [7, 11) is 2.47. The van der Waals surface area contributed by atoms with Crippen molar-refractivity contribution >= 4 is 18.3 Å². The van der Waals surface area contributed by atoms with E-state index in [0.29, 0.717) is 5.56 Å². The van der Waals surface area contributed by atoms with Gasteiger partial charge < -0.3 is 24.9 Å². The molecule has 0 aliphatic carbocycles. The smallest absolute Gasteiger partial charge is 0.437 e. The quantitative estimate of drug-likeness (QED) is 0.257. The number of methoxy groups -OCH3 is 1. The van der Waals surface area contributed by atoms with Gasteiger partial charge in [0.25, 0.3) is 5.91 Å². The molecule has 21 heavy (non-hydrogen) atoms. The molecule has 0 aromatic heterocycles. The van der Waals surface area contributed by atoms with E-state index in [2.05, 4.69) is 19.6 Å². The van der Waals surface area contributed by atoms with E-state index in [9.17, 15) is 9.59 Å². The molecule has 0 heterocycles. The van der Waals surface area contributed by atoms with Crippen LogP contribution < -0.4 is 15.4 Å². The van der Waals surface area contributed by atoms with Gasteiger partial charge in [-0.3, -0.25) is 4.79 Å². The second-order valence-electron chi connectivity index (χ2n) is 3.49. The Morgan fingerprint density at radius 3 is 2.67 bits per heavy atom. The van der Waals surface area contributed by atoms with E-state index >= 15 is 0 Å². The summed E-state index contributed by atoms with van der Waals surface area (Å²) in [4.78, 5) is 35.5. The number of hydrogen-bond acceptors (Lipinski definition) is 8. The van der Waals surface area contributed by atoms with Crippen LogP contribution in [0, 0.1) is 0 Å². The largest absolute Gasteiger partial charge is 0.513 e. The monoisotopic (exact) mass is 298 g/mol. The molecule has 2 N–H and O–H groups in total. The molecule has 0 radical (unpaired) electrons. The Morgan fingerprint density at radius 1 is 1.29 bits per heavy atom. The molecule has 0 saturated heterocycles. The van der Waals surface area contributed by atoms with Crippen molar-refractivity contribution in [3.05, 3.63) is 23.8 Å². The highest BCUT2D eigenvalue weighted by molar-refractivity contribution is 5.81. The molecule has 0 aliphatic heterocycles. The first-order chi connectivity index (χ1) is 10.1. The van der Waals surface area contributed by atoms with Crippen LogP contribution in [0.3, 0.4) is 0 Å². The molecule has 0 spiro atoms. The van der Waals surface area contributed by atoms with Crippen molar-refractivity contribution in [1.82, 2.24) is 0 Å². The fraction of sp³-hybridized carbons (Fsp3) is 0.250. The highest BCUT2D eigenvalue weighted by Crippen LogP contribution is 2.28. The summed E-state index contributed by atoms with van der Waals surface area (Å²) in [5.74, 6) is -0.418. The van der Waals surface area contributed by atoms with E-state index in [1.54, 1.807) is 6.07 Å².